The minimum atomic E-state index is -0.236. The number of halogens is 2. The van der Waals surface area contributed by atoms with Crippen LogP contribution in [0.1, 0.15) is 0 Å². The number of nitrogens with zero attached hydrogens (tertiary/aromatic N) is 1. The lowest BCUT2D eigenvalue weighted by Gasteiger charge is -2.11. The lowest BCUT2D eigenvalue weighted by Crippen LogP contribution is -2.20. The summed E-state index contributed by atoms with van der Waals surface area (Å²) < 4.78 is 13.6. The van der Waals surface area contributed by atoms with Gasteiger partial charge in [-0.15, -0.1) is 0 Å². The van der Waals surface area contributed by atoms with Crippen molar-refractivity contribution in [1.29, 1.82) is 0 Å². The molecule has 1 N–H and O–H groups in total. The molecule has 78 valence electrons. The van der Waals surface area contributed by atoms with Crippen molar-refractivity contribution in [2.75, 3.05) is 32.5 Å². The van der Waals surface area contributed by atoms with Crippen LogP contribution in [0.4, 0.5) is 10.1 Å². The number of hydrogen-bond donors (Lipinski definition) is 1. The van der Waals surface area contributed by atoms with Crippen molar-refractivity contribution in [3.63, 3.8) is 0 Å². The summed E-state index contributed by atoms with van der Waals surface area (Å²) in [6.07, 6.45) is 0. The lowest BCUT2D eigenvalue weighted by molar-refractivity contribution is 0.425. The summed E-state index contributed by atoms with van der Waals surface area (Å²) in [6, 6.07) is 5.04. The van der Waals surface area contributed by atoms with Crippen molar-refractivity contribution in [2.45, 2.75) is 0 Å². The van der Waals surface area contributed by atoms with Gasteiger partial charge in [-0.05, 0) is 48.2 Å². The number of nitrogens with one attached hydrogen (secondary N) is 1. The van der Waals surface area contributed by atoms with E-state index in [1.165, 1.54) is 6.07 Å². The second-order valence-corrected chi connectivity index (χ2v) is 4.21. The van der Waals surface area contributed by atoms with Crippen molar-refractivity contribution in [3.05, 3.63) is 28.5 Å². The molecule has 2 nitrogen and oxygen atoms in total. The Labute approximate surface area is 92.2 Å². The van der Waals surface area contributed by atoms with E-state index < -0.39 is 0 Å². The molecule has 0 unspecified atom stereocenters. The van der Waals surface area contributed by atoms with Crippen LogP contribution in [0.3, 0.4) is 0 Å². The van der Waals surface area contributed by atoms with E-state index in [-0.39, 0.29) is 5.82 Å². The Bertz CT molecular complexity index is 302. The Balaban J connectivity index is 2.47. The summed E-state index contributed by atoms with van der Waals surface area (Å²) in [4.78, 5) is 2.07. The van der Waals surface area contributed by atoms with Gasteiger partial charge in [-0.3, -0.25) is 0 Å². The van der Waals surface area contributed by atoms with Crippen LogP contribution < -0.4 is 5.32 Å². The van der Waals surface area contributed by atoms with Gasteiger partial charge in [0.1, 0.15) is 5.82 Å². The first-order chi connectivity index (χ1) is 6.59. The highest BCUT2D eigenvalue weighted by Gasteiger charge is 1.99. The molecule has 0 saturated carbocycles. The fraction of sp³-hybridized carbons (Fsp3) is 0.400. The fourth-order valence-electron chi connectivity index (χ4n) is 1.03. The maximum Gasteiger partial charge on any atom is 0.139 e. The maximum absolute atomic E-state index is 13.1. The van der Waals surface area contributed by atoms with Gasteiger partial charge in [-0.1, -0.05) is 0 Å². The molecule has 1 rings (SSSR count). The van der Waals surface area contributed by atoms with Gasteiger partial charge >= 0.3 is 0 Å². The molecular weight excluding hydrogens is 247 g/mol. The number of hydrogen-bond acceptors (Lipinski definition) is 2. The van der Waals surface area contributed by atoms with E-state index in [9.17, 15) is 4.39 Å². The molecule has 0 fully saturated rings. The van der Waals surface area contributed by atoms with E-state index >= 15 is 0 Å². The van der Waals surface area contributed by atoms with E-state index in [1.807, 2.05) is 20.2 Å². The summed E-state index contributed by atoms with van der Waals surface area (Å²) in [5.74, 6) is -0.236. The zero-order valence-corrected chi connectivity index (χ0v) is 9.94. The van der Waals surface area contributed by atoms with Crippen LogP contribution >= 0.6 is 15.9 Å². The van der Waals surface area contributed by atoms with Crippen molar-refractivity contribution >= 4 is 21.6 Å². The minimum absolute atomic E-state index is 0.236. The Morgan fingerprint density at radius 2 is 2.14 bits per heavy atom. The van der Waals surface area contributed by atoms with Crippen molar-refractivity contribution in [2.24, 2.45) is 0 Å². The van der Waals surface area contributed by atoms with Gasteiger partial charge in [-0.2, -0.15) is 0 Å². The number of benzene rings is 1. The Morgan fingerprint density at radius 1 is 1.43 bits per heavy atom. The normalized spacial score (nSPS) is 10.6. The molecule has 1 aromatic carbocycles. The smallest absolute Gasteiger partial charge is 0.139 e. The molecule has 0 bridgehead atoms. The van der Waals surface area contributed by atoms with Crippen molar-refractivity contribution in [3.8, 4) is 0 Å². The minimum Gasteiger partial charge on any atom is -0.384 e. The van der Waals surface area contributed by atoms with Crippen LogP contribution in [-0.2, 0) is 0 Å². The largest absolute Gasteiger partial charge is 0.384 e. The SMILES string of the molecule is CN(C)CCNc1ccc(Br)c(F)c1. The summed E-state index contributed by atoms with van der Waals surface area (Å²) in [6.45, 7) is 1.74. The molecule has 0 atom stereocenters. The predicted octanol–water partition coefficient (Wildman–Crippen LogP) is 2.56. The molecule has 0 aliphatic carbocycles. The standard InChI is InChI=1S/C10H14BrFN2/c1-14(2)6-5-13-8-3-4-9(11)10(12)7-8/h3-4,7,13H,5-6H2,1-2H3. The molecule has 0 aliphatic heterocycles. The van der Waals surface area contributed by atoms with Crippen molar-refractivity contribution < 1.29 is 4.39 Å². The summed E-state index contributed by atoms with van der Waals surface area (Å²) >= 11 is 3.11. The third kappa shape index (κ3) is 3.64. The quantitative estimate of drug-likeness (QED) is 0.896. The first-order valence-electron chi connectivity index (χ1n) is 4.43. The summed E-state index contributed by atoms with van der Waals surface area (Å²) in [5, 5.41) is 3.14. The first kappa shape index (κ1) is 11.5. The third-order valence-corrected chi connectivity index (χ3v) is 2.45. The summed E-state index contributed by atoms with van der Waals surface area (Å²) in [7, 11) is 4.01. The highest BCUT2D eigenvalue weighted by Crippen LogP contribution is 2.18. The Kier molecular flexibility index (Phi) is 4.35. The zero-order chi connectivity index (χ0) is 10.6. The second-order valence-electron chi connectivity index (χ2n) is 3.36. The molecule has 0 heterocycles. The Morgan fingerprint density at radius 3 is 2.71 bits per heavy atom. The fourth-order valence-corrected chi connectivity index (χ4v) is 1.28. The van der Waals surface area contributed by atoms with Gasteiger partial charge in [0.15, 0.2) is 0 Å². The third-order valence-electron chi connectivity index (χ3n) is 1.81. The highest BCUT2D eigenvalue weighted by atomic mass is 79.9. The van der Waals surface area contributed by atoms with E-state index in [0.29, 0.717) is 4.47 Å². The van der Waals surface area contributed by atoms with Crippen LogP contribution in [0.15, 0.2) is 22.7 Å². The molecule has 0 saturated heterocycles. The molecule has 1 aromatic rings. The molecular formula is C10H14BrFN2. The van der Waals surface area contributed by atoms with E-state index in [0.717, 1.165) is 18.8 Å². The van der Waals surface area contributed by atoms with Crippen LogP contribution in [0.25, 0.3) is 0 Å². The lowest BCUT2D eigenvalue weighted by atomic mass is 10.3. The van der Waals surface area contributed by atoms with Gasteiger partial charge in [0.2, 0.25) is 0 Å². The van der Waals surface area contributed by atoms with Crippen molar-refractivity contribution in [1.82, 2.24) is 4.90 Å². The van der Waals surface area contributed by atoms with Crippen LogP contribution in [0.5, 0.6) is 0 Å². The number of likely N-dealkylation sites (N-methyl/N-ethyl adjacent to an activating group) is 1. The first-order valence-corrected chi connectivity index (χ1v) is 5.22. The van der Waals surface area contributed by atoms with E-state index in [2.05, 4.69) is 26.1 Å². The maximum atomic E-state index is 13.1. The average Bonchev–Trinajstić information content (AvgIpc) is 2.10. The molecule has 0 aromatic heterocycles. The topological polar surface area (TPSA) is 15.3 Å². The predicted molar refractivity (Wildman–Crippen MR) is 61.1 cm³/mol. The van der Waals surface area contributed by atoms with Crippen LogP contribution in [0.2, 0.25) is 0 Å². The average molecular weight is 261 g/mol. The van der Waals surface area contributed by atoms with E-state index in [1.54, 1.807) is 6.07 Å². The molecule has 0 radical (unpaired) electrons. The molecule has 14 heavy (non-hydrogen) atoms. The number of anilines is 1. The van der Waals surface area contributed by atoms with Gasteiger partial charge in [0.25, 0.3) is 0 Å². The van der Waals surface area contributed by atoms with Gasteiger partial charge in [0, 0.05) is 18.8 Å². The molecule has 4 heteroatoms. The zero-order valence-electron chi connectivity index (χ0n) is 8.35. The second kappa shape index (κ2) is 5.32. The van der Waals surface area contributed by atoms with Crippen LogP contribution in [-0.4, -0.2) is 32.1 Å². The number of rotatable bonds is 4. The monoisotopic (exact) mass is 260 g/mol. The molecule has 0 amide bonds. The van der Waals surface area contributed by atoms with Gasteiger partial charge < -0.3 is 10.2 Å². The van der Waals surface area contributed by atoms with Crippen LogP contribution in [0, 0.1) is 5.82 Å². The molecule has 0 spiro atoms. The summed E-state index contributed by atoms with van der Waals surface area (Å²) in [5.41, 5.74) is 0.813. The van der Waals surface area contributed by atoms with Gasteiger partial charge in [0.05, 0.1) is 4.47 Å². The Hall–Kier alpha value is -0.610. The highest BCUT2D eigenvalue weighted by molar-refractivity contribution is 9.10. The van der Waals surface area contributed by atoms with E-state index in [4.69, 9.17) is 0 Å². The molecule has 0 aliphatic rings. The van der Waals surface area contributed by atoms with Gasteiger partial charge in [-0.25, -0.2) is 4.39 Å².